The van der Waals surface area contributed by atoms with Crippen molar-refractivity contribution in [3.05, 3.63) is 47.8 Å². The molecule has 0 bridgehead atoms. The molecular formula is C14H14N4O2S. The summed E-state index contributed by atoms with van der Waals surface area (Å²) in [5.74, 6) is 0. The lowest BCUT2D eigenvalue weighted by molar-refractivity contribution is 0.601. The van der Waals surface area contributed by atoms with Crippen LogP contribution in [-0.4, -0.2) is 20.4 Å². The molecular weight excluding hydrogens is 288 g/mol. The highest BCUT2D eigenvalue weighted by molar-refractivity contribution is 7.92. The summed E-state index contributed by atoms with van der Waals surface area (Å²) in [6.07, 6.45) is 2.76. The van der Waals surface area contributed by atoms with E-state index in [2.05, 4.69) is 15.0 Å². The Morgan fingerprint density at radius 2 is 2.00 bits per heavy atom. The van der Waals surface area contributed by atoms with E-state index in [1.165, 1.54) is 12.4 Å². The average molecular weight is 302 g/mol. The highest BCUT2D eigenvalue weighted by atomic mass is 32.2. The van der Waals surface area contributed by atoms with E-state index < -0.39 is 10.0 Å². The molecule has 2 aromatic rings. The molecule has 2 N–H and O–H groups in total. The molecule has 0 spiro atoms. The molecule has 0 aliphatic rings. The fourth-order valence-electron chi connectivity index (χ4n) is 1.90. The first-order chi connectivity index (χ1) is 9.99. The summed E-state index contributed by atoms with van der Waals surface area (Å²) >= 11 is 0. The Balaban J connectivity index is 2.48. The number of sulfonamides is 1. The van der Waals surface area contributed by atoms with Crippen LogP contribution in [0.3, 0.4) is 0 Å². The van der Waals surface area contributed by atoms with Gasteiger partial charge in [-0.05, 0) is 24.6 Å². The van der Waals surface area contributed by atoms with Gasteiger partial charge in [-0.25, -0.2) is 8.42 Å². The summed E-state index contributed by atoms with van der Waals surface area (Å²) in [5.41, 5.74) is 1.70. The number of hydrogen-bond donors (Lipinski definition) is 2. The van der Waals surface area contributed by atoms with Crippen molar-refractivity contribution in [1.29, 1.82) is 5.26 Å². The van der Waals surface area contributed by atoms with Crippen molar-refractivity contribution in [2.75, 3.05) is 17.1 Å². The van der Waals surface area contributed by atoms with Crippen LogP contribution in [0, 0.1) is 18.3 Å². The number of aryl methyl sites for hydroxylation is 1. The largest absolute Gasteiger partial charge is 0.387 e. The molecule has 1 heterocycles. The summed E-state index contributed by atoms with van der Waals surface area (Å²) in [6, 6.07) is 8.57. The first-order valence-corrected chi connectivity index (χ1v) is 7.62. The SMILES string of the molecule is CNc1ccncc1S(=O)(=O)Nc1cccc(C)c1C#N. The minimum atomic E-state index is -3.83. The molecule has 0 aliphatic heterocycles. The standard InChI is InChI=1S/C14H14N4O2S/c1-10-4-3-5-12(11(10)8-15)18-21(19,20)14-9-17-7-6-13(14)16-2/h3-7,9,18H,1-2H3,(H,16,17). The Hall–Kier alpha value is -2.59. The van der Waals surface area contributed by atoms with E-state index in [0.717, 1.165) is 0 Å². The van der Waals surface area contributed by atoms with Crippen LogP contribution in [0.2, 0.25) is 0 Å². The maximum Gasteiger partial charge on any atom is 0.265 e. The lowest BCUT2D eigenvalue weighted by atomic mass is 10.1. The second kappa shape index (κ2) is 5.81. The molecule has 0 atom stereocenters. The Bertz CT molecular complexity index is 810. The van der Waals surface area contributed by atoms with Gasteiger partial charge in [0.1, 0.15) is 11.0 Å². The summed E-state index contributed by atoms with van der Waals surface area (Å²) in [7, 11) is -2.20. The predicted octanol–water partition coefficient (Wildman–Crippen LogP) is 2.10. The van der Waals surface area contributed by atoms with E-state index in [1.54, 1.807) is 38.2 Å². The first-order valence-electron chi connectivity index (χ1n) is 6.14. The molecule has 7 heteroatoms. The van der Waals surface area contributed by atoms with Crippen LogP contribution < -0.4 is 10.0 Å². The van der Waals surface area contributed by atoms with E-state index in [0.29, 0.717) is 16.8 Å². The Kier molecular flexibility index (Phi) is 4.10. The fourth-order valence-corrected chi connectivity index (χ4v) is 3.13. The van der Waals surface area contributed by atoms with Gasteiger partial charge in [0.15, 0.2) is 0 Å². The molecule has 0 unspecified atom stereocenters. The highest BCUT2D eigenvalue weighted by Crippen LogP contribution is 2.25. The summed E-state index contributed by atoms with van der Waals surface area (Å²) in [5, 5.41) is 12.0. The predicted molar refractivity (Wildman–Crippen MR) is 80.5 cm³/mol. The second-order valence-corrected chi connectivity index (χ2v) is 5.99. The molecule has 6 nitrogen and oxygen atoms in total. The van der Waals surface area contributed by atoms with Crippen molar-refractivity contribution in [2.45, 2.75) is 11.8 Å². The first kappa shape index (κ1) is 14.8. The van der Waals surface area contributed by atoms with E-state index >= 15 is 0 Å². The van der Waals surface area contributed by atoms with Crippen LogP contribution in [0.5, 0.6) is 0 Å². The van der Waals surface area contributed by atoms with Gasteiger partial charge < -0.3 is 5.32 Å². The fraction of sp³-hybridized carbons (Fsp3) is 0.143. The summed E-state index contributed by atoms with van der Waals surface area (Å²) in [6.45, 7) is 1.75. The highest BCUT2D eigenvalue weighted by Gasteiger charge is 2.20. The molecule has 0 radical (unpaired) electrons. The van der Waals surface area contributed by atoms with Gasteiger partial charge in [0.05, 0.1) is 16.9 Å². The van der Waals surface area contributed by atoms with Crippen molar-refractivity contribution >= 4 is 21.4 Å². The minimum Gasteiger partial charge on any atom is -0.387 e. The molecule has 2 rings (SSSR count). The number of pyridine rings is 1. The molecule has 108 valence electrons. The van der Waals surface area contributed by atoms with Gasteiger partial charge in [0, 0.05) is 19.4 Å². The number of hydrogen-bond acceptors (Lipinski definition) is 5. The Labute approximate surface area is 123 Å². The van der Waals surface area contributed by atoms with E-state index in [-0.39, 0.29) is 10.6 Å². The molecule has 0 aliphatic carbocycles. The zero-order chi connectivity index (χ0) is 15.5. The molecule has 1 aromatic carbocycles. The third-order valence-electron chi connectivity index (χ3n) is 2.97. The monoisotopic (exact) mass is 302 g/mol. The van der Waals surface area contributed by atoms with E-state index in [1.807, 2.05) is 6.07 Å². The van der Waals surface area contributed by atoms with Gasteiger partial charge in [0.25, 0.3) is 10.0 Å². The maximum atomic E-state index is 12.5. The second-order valence-electron chi connectivity index (χ2n) is 4.34. The van der Waals surface area contributed by atoms with Crippen molar-refractivity contribution in [3.63, 3.8) is 0 Å². The zero-order valence-electron chi connectivity index (χ0n) is 11.6. The van der Waals surface area contributed by atoms with Crippen LogP contribution >= 0.6 is 0 Å². The van der Waals surface area contributed by atoms with Gasteiger partial charge in [-0.15, -0.1) is 0 Å². The summed E-state index contributed by atoms with van der Waals surface area (Å²) in [4.78, 5) is 3.86. The normalized spacial score (nSPS) is 10.7. The molecule has 1 aromatic heterocycles. The van der Waals surface area contributed by atoms with Gasteiger partial charge in [-0.3, -0.25) is 9.71 Å². The van der Waals surface area contributed by atoms with Gasteiger partial charge in [0.2, 0.25) is 0 Å². The number of nitrogens with zero attached hydrogens (tertiary/aromatic N) is 2. The van der Waals surface area contributed by atoms with E-state index in [9.17, 15) is 8.42 Å². The third-order valence-corrected chi connectivity index (χ3v) is 4.37. The van der Waals surface area contributed by atoms with Gasteiger partial charge in [-0.1, -0.05) is 12.1 Å². The van der Waals surface area contributed by atoms with Crippen molar-refractivity contribution in [1.82, 2.24) is 4.98 Å². The van der Waals surface area contributed by atoms with Crippen molar-refractivity contribution in [3.8, 4) is 6.07 Å². The van der Waals surface area contributed by atoms with Gasteiger partial charge >= 0.3 is 0 Å². The minimum absolute atomic E-state index is 0.0258. The number of aromatic nitrogens is 1. The number of nitriles is 1. The number of anilines is 2. The quantitative estimate of drug-likeness (QED) is 0.902. The molecule has 0 fully saturated rings. The molecule has 0 saturated carbocycles. The molecule has 0 amide bonds. The number of nitrogens with one attached hydrogen (secondary N) is 2. The topological polar surface area (TPSA) is 94.9 Å². The van der Waals surface area contributed by atoms with E-state index in [4.69, 9.17) is 5.26 Å². The van der Waals surface area contributed by atoms with Crippen LogP contribution in [-0.2, 0) is 10.0 Å². The van der Waals surface area contributed by atoms with Crippen LogP contribution in [0.1, 0.15) is 11.1 Å². The number of rotatable bonds is 4. The molecule has 0 saturated heterocycles. The Morgan fingerprint density at radius 3 is 2.67 bits per heavy atom. The Morgan fingerprint density at radius 1 is 1.24 bits per heavy atom. The third kappa shape index (κ3) is 2.95. The van der Waals surface area contributed by atoms with Crippen molar-refractivity contribution in [2.24, 2.45) is 0 Å². The number of benzene rings is 1. The van der Waals surface area contributed by atoms with Crippen LogP contribution in [0.15, 0.2) is 41.6 Å². The van der Waals surface area contributed by atoms with Crippen LogP contribution in [0.25, 0.3) is 0 Å². The summed E-state index contributed by atoms with van der Waals surface area (Å²) < 4.78 is 27.4. The lowest BCUT2D eigenvalue weighted by Crippen LogP contribution is -2.16. The molecule has 21 heavy (non-hydrogen) atoms. The maximum absolute atomic E-state index is 12.5. The smallest absolute Gasteiger partial charge is 0.265 e. The van der Waals surface area contributed by atoms with Gasteiger partial charge in [-0.2, -0.15) is 5.26 Å². The lowest BCUT2D eigenvalue weighted by Gasteiger charge is -2.13. The van der Waals surface area contributed by atoms with Crippen molar-refractivity contribution < 1.29 is 8.42 Å². The average Bonchev–Trinajstić information content (AvgIpc) is 2.47. The van der Waals surface area contributed by atoms with Crippen LogP contribution in [0.4, 0.5) is 11.4 Å². The zero-order valence-corrected chi connectivity index (χ0v) is 12.4.